The first-order valence-electron chi connectivity index (χ1n) is 3.36. The lowest BCUT2D eigenvalue weighted by Gasteiger charge is -2.07. The van der Waals surface area contributed by atoms with E-state index in [9.17, 15) is 0 Å². The van der Waals surface area contributed by atoms with Gasteiger partial charge in [0.25, 0.3) is 0 Å². The zero-order valence-electron chi connectivity index (χ0n) is 6.94. The summed E-state index contributed by atoms with van der Waals surface area (Å²) < 4.78 is 0. The highest BCUT2D eigenvalue weighted by atomic mass is 32.2. The number of nitrogens with zero attached hydrogens (tertiary/aromatic N) is 2. The molecule has 1 aromatic heterocycles. The van der Waals surface area contributed by atoms with Gasteiger partial charge in [0.1, 0.15) is 5.69 Å². The lowest BCUT2D eigenvalue weighted by Crippen LogP contribution is -2.07. The van der Waals surface area contributed by atoms with Crippen LogP contribution >= 0.6 is 24.0 Å². The van der Waals surface area contributed by atoms with Gasteiger partial charge in [-0.05, 0) is 6.26 Å². The Labute approximate surface area is 85.3 Å². The second-order valence-corrected chi connectivity index (χ2v) is 3.13. The quantitative estimate of drug-likeness (QED) is 0.389. The number of thioether (sulfide) groups is 1. The first kappa shape index (κ1) is 10.0. The molecule has 0 aromatic carbocycles. The molecule has 0 spiro atoms. The van der Waals surface area contributed by atoms with Crippen LogP contribution in [0.5, 0.6) is 0 Å². The lowest BCUT2D eigenvalue weighted by molar-refractivity contribution is 0.991. The summed E-state index contributed by atoms with van der Waals surface area (Å²) in [5.41, 5.74) is 13.0. The van der Waals surface area contributed by atoms with Gasteiger partial charge in [0.15, 0.2) is 16.8 Å². The summed E-state index contributed by atoms with van der Waals surface area (Å²) in [6, 6.07) is 0. The van der Waals surface area contributed by atoms with E-state index in [4.69, 9.17) is 11.5 Å². The van der Waals surface area contributed by atoms with Crippen LogP contribution in [-0.2, 0) is 0 Å². The average Bonchev–Trinajstić information content (AvgIpc) is 2.11. The average molecular weight is 215 g/mol. The van der Waals surface area contributed by atoms with Gasteiger partial charge in [-0.15, -0.1) is 0 Å². The molecule has 0 saturated heterocycles. The van der Waals surface area contributed by atoms with Crippen molar-refractivity contribution in [1.82, 2.24) is 9.97 Å². The van der Waals surface area contributed by atoms with Crippen LogP contribution < -0.4 is 16.8 Å². The predicted molar refractivity (Wildman–Crippen MR) is 59.9 cm³/mol. The maximum atomic E-state index is 5.61. The molecule has 0 atom stereocenters. The summed E-state index contributed by atoms with van der Waals surface area (Å²) in [6.45, 7) is 0. The van der Waals surface area contributed by atoms with Crippen molar-refractivity contribution < 1.29 is 0 Å². The molecule has 0 aliphatic carbocycles. The maximum Gasteiger partial charge on any atom is 0.191 e. The second-order valence-electron chi connectivity index (χ2n) is 2.12. The Kier molecular flexibility index (Phi) is 3.26. The van der Waals surface area contributed by atoms with Crippen LogP contribution in [-0.4, -0.2) is 21.7 Å². The van der Waals surface area contributed by atoms with E-state index in [1.807, 2.05) is 6.26 Å². The number of rotatable bonds is 3. The highest BCUT2D eigenvalue weighted by Crippen LogP contribution is 2.24. The Hall–Kier alpha value is -1.08. The number of hydrogen-bond donors (Lipinski definition) is 3. The van der Waals surface area contributed by atoms with Gasteiger partial charge in [0.2, 0.25) is 0 Å². The molecule has 1 rings (SSSR count). The van der Waals surface area contributed by atoms with Crippen LogP contribution in [0.15, 0.2) is 5.16 Å². The minimum absolute atomic E-state index is 0.304. The zero-order chi connectivity index (χ0) is 9.84. The van der Waals surface area contributed by atoms with E-state index in [2.05, 4.69) is 27.5 Å². The zero-order valence-corrected chi connectivity index (χ0v) is 8.58. The van der Waals surface area contributed by atoms with Gasteiger partial charge < -0.3 is 16.8 Å². The van der Waals surface area contributed by atoms with E-state index in [1.54, 1.807) is 0 Å². The molecule has 1 heterocycles. The van der Waals surface area contributed by atoms with Crippen LogP contribution in [0.2, 0.25) is 0 Å². The largest absolute Gasteiger partial charge is 0.382 e. The summed E-state index contributed by atoms with van der Waals surface area (Å²) in [7, 11) is 0. The summed E-state index contributed by atoms with van der Waals surface area (Å²) in [6.07, 6.45) is 1.85. The Morgan fingerprint density at radius 1 is 1.38 bits per heavy atom. The van der Waals surface area contributed by atoms with Crippen molar-refractivity contribution >= 4 is 46.8 Å². The van der Waals surface area contributed by atoms with Crippen molar-refractivity contribution in [2.45, 2.75) is 5.16 Å². The lowest BCUT2D eigenvalue weighted by atomic mass is 10.4. The first-order valence-corrected chi connectivity index (χ1v) is 5.05. The topological polar surface area (TPSA) is 89.8 Å². The van der Waals surface area contributed by atoms with Crippen molar-refractivity contribution in [1.29, 1.82) is 0 Å². The molecule has 0 amide bonds. The molecule has 0 unspecified atom stereocenters. The van der Waals surface area contributed by atoms with Crippen molar-refractivity contribution in [3.63, 3.8) is 0 Å². The van der Waals surface area contributed by atoms with E-state index in [-0.39, 0.29) is 0 Å². The third-order valence-electron chi connectivity index (χ3n) is 1.33. The number of thiocarbonyl (C=S) groups is 1. The van der Waals surface area contributed by atoms with Crippen LogP contribution in [0.4, 0.5) is 17.3 Å². The van der Waals surface area contributed by atoms with E-state index in [0.717, 1.165) is 0 Å². The molecule has 70 valence electrons. The van der Waals surface area contributed by atoms with Crippen molar-refractivity contribution in [3.8, 4) is 0 Å². The summed E-state index contributed by atoms with van der Waals surface area (Å²) >= 11 is 5.98. The molecule has 0 radical (unpaired) electrons. The van der Waals surface area contributed by atoms with Crippen LogP contribution in [0.3, 0.4) is 0 Å². The minimum atomic E-state index is 0.304. The highest BCUT2D eigenvalue weighted by Gasteiger charge is 2.07. The molecule has 0 saturated carbocycles. The third kappa shape index (κ3) is 2.19. The molecular weight excluding hydrogens is 206 g/mol. The predicted octanol–water partition coefficient (Wildman–Crippen LogP) is 0.732. The van der Waals surface area contributed by atoms with Crippen molar-refractivity contribution in [2.75, 3.05) is 23.0 Å². The highest BCUT2D eigenvalue weighted by molar-refractivity contribution is 7.98. The van der Waals surface area contributed by atoms with Gasteiger partial charge >= 0.3 is 0 Å². The first-order chi connectivity index (χ1) is 6.19. The Balaban J connectivity index is 3.14. The molecule has 0 bridgehead atoms. The molecule has 0 aliphatic heterocycles. The second kappa shape index (κ2) is 4.24. The molecule has 0 aliphatic rings. The van der Waals surface area contributed by atoms with E-state index >= 15 is 0 Å². The maximum absolute atomic E-state index is 5.61. The van der Waals surface area contributed by atoms with Gasteiger partial charge in [-0.2, -0.15) is 0 Å². The molecule has 7 heteroatoms. The van der Waals surface area contributed by atoms with Gasteiger partial charge in [-0.1, -0.05) is 24.0 Å². The number of nitrogens with one attached hydrogen (secondary N) is 1. The fourth-order valence-corrected chi connectivity index (χ4v) is 1.27. The number of anilines is 3. The normalized spacial score (nSPS) is 9.62. The number of aromatic nitrogens is 2. The van der Waals surface area contributed by atoms with Gasteiger partial charge in [-0.3, -0.25) is 0 Å². The van der Waals surface area contributed by atoms with Crippen molar-refractivity contribution in [3.05, 3.63) is 0 Å². The Morgan fingerprint density at radius 2 is 1.92 bits per heavy atom. The fourth-order valence-electron chi connectivity index (χ4n) is 0.772. The monoisotopic (exact) mass is 215 g/mol. The number of nitrogens with two attached hydrogens (primary N) is 2. The molecule has 1 aromatic rings. The summed E-state index contributed by atoms with van der Waals surface area (Å²) in [5, 5.41) is 3.25. The summed E-state index contributed by atoms with van der Waals surface area (Å²) in [4.78, 5) is 7.98. The minimum Gasteiger partial charge on any atom is -0.382 e. The van der Waals surface area contributed by atoms with Crippen LogP contribution in [0.1, 0.15) is 0 Å². The molecule has 13 heavy (non-hydrogen) atoms. The number of nitrogen functional groups attached to an aromatic ring is 2. The molecule has 0 fully saturated rings. The van der Waals surface area contributed by atoms with Crippen molar-refractivity contribution in [2.24, 2.45) is 0 Å². The number of hydrogen-bond acceptors (Lipinski definition) is 6. The molecule has 5 nitrogen and oxygen atoms in total. The summed E-state index contributed by atoms with van der Waals surface area (Å²) in [5.74, 6) is 0.607. The fraction of sp³-hybridized carbons (Fsp3) is 0.167. The molecule has 5 N–H and O–H groups in total. The smallest absolute Gasteiger partial charge is 0.191 e. The molecular formula is C6H9N5S2. The van der Waals surface area contributed by atoms with E-state index in [0.29, 0.717) is 22.5 Å². The third-order valence-corrected chi connectivity index (χ3v) is 2.00. The van der Waals surface area contributed by atoms with E-state index in [1.165, 1.54) is 17.3 Å². The standard InChI is InChI=1S/C6H9N5S2/c1-13-6-10-4(7)3(9-2-12)5(8)11-6/h2H,1H3,(H,9,12)(H4,7,8,10,11). The van der Waals surface area contributed by atoms with Gasteiger partial charge in [-0.25, -0.2) is 9.97 Å². The Morgan fingerprint density at radius 3 is 2.31 bits per heavy atom. The van der Waals surface area contributed by atoms with E-state index < -0.39 is 0 Å². The van der Waals surface area contributed by atoms with Crippen LogP contribution in [0.25, 0.3) is 0 Å². The SMILES string of the molecule is CSc1nc(N)c(NC=S)c(N)n1. The van der Waals surface area contributed by atoms with Gasteiger partial charge in [0.05, 0.1) is 5.49 Å². The van der Waals surface area contributed by atoms with Gasteiger partial charge in [0, 0.05) is 0 Å². The van der Waals surface area contributed by atoms with Crippen LogP contribution in [0, 0.1) is 0 Å². The Bertz CT molecular complexity index is 304.